The Labute approximate surface area is 112 Å². The fourth-order valence-corrected chi connectivity index (χ4v) is 1.85. The molecule has 0 saturated carbocycles. The summed E-state index contributed by atoms with van der Waals surface area (Å²) in [4.78, 5) is 11.9. The third-order valence-electron chi connectivity index (χ3n) is 2.40. The molecule has 4 nitrogen and oxygen atoms in total. The lowest BCUT2D eigenvalue weighted by atomic mass is 10.1. The van der Waals surface area contributed by atoms with E-state index in [-0.39, 0.29) is 12.5 Å². The zero-order chi connectivity index (χ0) is 13.3. The van der Waals surface area contributed by atoms with Crippen molar-refractivity contribution in [3.8, 4) is 0 Å². The van der Waals surface area contributed by atoms with Crippen molar-refractivity contribution < 1.29 is 9.18 Å². The maximum atomic E-state index is 13.3. The van der Waals surface area contributed by atoms with Gasteiger partial charge in [-0.15, -0.1) is 0 Å². The lowest BCUT2D eigenvalue weighted by Crippen LogP contribution is -2.35. The molecule has 2 heterocycles. The minimum Gasteiger partial charge on any atom is -0.349 e. The van der Waals surface area contributed by atoms with E-state index in [9.17, 15) is 9.18 Å². The van der Waals surface area contributed by atoms with E-state index in [2.05, 4.69) is 26.3 Å². The molecule has 6 heteroatoms. The van der Waals surface area contributed by atoms with Crippen LogP contribution in [0.2, 0.25) is 0 Å². The summed E-state index contributed by atoms with van der Waals surface area (Å²) < 4.78 is 15.8. The number of hydrogen-bond donors (Lipinski definition) is 1. The first kappa shape index (κ1) is 13.0. The summed E-state index contributed by atoms with van der Waals surface area (Å²) in [6, 6.07) is 3.62. The van der Waals surface area contributed by atoms with Gasteiger partial charge in [-0.2, -0.15) is 5.10 Å². The highest BCUT2D eigenvalue weighted by Crippen LogP contribution is 2.16. The number of nitrogens with one attached hydrogen (secondary N) is 1. The maximum absolute atomic E-state index is 13.3. The van der Waals surface area contributed by atoms with E-state index < -0.39 is 5.67 Å². The summed E-state index contributed by atoms with van der Waals surface area (Å²) in [5.74, 6) is -0.325. The minimum absolute atomic E-state index is 0.0306. The summed E-state index contributed by atoms with van der Waals surface area (Å²) >= 11 is 3.34. The smallest absolute Gasteiger partial charge is 0.255 e. The van der Waals surface area contributed by atoms with Crippen molar-refractivity contribution in [2.75, 3.05) is 6.54 Å². The predicted molar refractivity (Wildman–Crippen MR) is 70.4 cm³/mol. The minimum atomic E-state index is -1.43. The van der Waals surface area contributed by atoms with E-state index in [1.165, 1.54) is 20.0 Å². The number of nitrogens with zero attached hydrogens (tertiary/aromatic N) is 2. The highest BCUT2D eigenvalue weighted by Gasteiger charge is 2.19. The van der Waals surface area contributed by atoms with Crippen LogP contribution >= 0.6 is 15.9 Å². The SMILES string of the molecule is CC(C)(F)CNC(=O)c1cnn2ccc(Br)cc12. The van der Waals surface area contributed by atoms with Gasteiger partial charge in [-0.3, -0.25) is 4.79 Å². The number of aromatic nitrogens is 2. The van der Waals surface area contributed by atoms with Crippen molar-refractivity contribution in [1.29, 1.82) is 0 Å². The van der Waals surface area contributed by atoms with E-state index in [1.807, 2.05) is 6.07 Å². The second-order valence-corrected chi connectivity index (χ2v) is 5.55. The number of hydrogen-bond acceptors (Lipinski definition) is 2. The predicted octanol–water partition coefficient (Wildman–Crippen LogP) is 2.57. The molecular formula is C12H13BrFN3O. The Kier molecular flexibility index (Phi) is 3.38. The average Bonchev–Trinajstić information content (AvgIpc) is 2.67. The van der Waals surface area contributed by atoms with Crippen molar-refractivity contribution in [2.24, 2.45) is 0 Å². The molecule has 0 unspecified atom stereocenters. The molecule has 2 rings (SSSR count). The van der Waals surface area contributed by atoms with Gasteiger partial charge in [0.1, 0.15) is 5.67 Å². The molecule has 1 amide bonds. The van der Waals surface area contributed by atoms with Gasteiger partial charge in [0.05, 0.1) is 23.8 Å². The van der Waals surface area contributed by atoms with Gasteiger partial charge in [0, 0.05) is 10.7 Å². The van der Waals surface area contributed by atoms with Gasteiger partial charge in [-0.25, -0.2) is 8.91 Å². The monoisotopic (exact) mass is 313 g/mol. The maximum Gasteiger partial charge on any atom is 0.255 e. The van der Waals surface area contributed by atoms with Crippen molar-refractivity contribution in [1.82, 2.24) is 14.9 Å². The van der Waals surface area contributed by atoms with Crippen LogP contribution in [-0.2, 0) is 0 Å². The molecule has 0 aliphatic heterocycles. The molecule has 2 aromatic heterocycles. The fraction of sp³-hybridized carbons (Fsp3) is 0.333. The van der Waals surface area contributed by atoms with Crippen LogP contribution in [0.3, 0.4) is 0 Å². The van der Waals surface area contributed by atoms with Gasteiger partial charge < -0.3 is 5.32 Å². The molecule has 2 aromatic rings. The molecule has 96 valence electrons. The Morgan fingerprint density at radius 1 is 1.61 bits per heavy atom. The zero-order valence-corrected chi connectivity index (χ0v) is 11.7. The first-order chi connectivity index (χ1) is 8.37. The number of halogens is 2. The number of fused-ring (bicyclic) bond motifs is 1. The van der Waals surface area contributed by atoms with Crippen molar-refractivity contribution in [3.05, 3.63) is 34.6 Å². The van der Waals surface area contributed by atoms with Gasteiger partial charge in [0.15, 0.2) is 0 Å². The van der Waals surface area contributed by atoms with Crippen LogP contribution in [0.1, 0.15) is 24.2 Å². The van der Waals surface area contributed by atoms with Crippen LogP contribution in [0.4, 0.5) is 4.39 Å². The molecule has 0 saturated heterocycles. The van der Waals surface area contributed by atoms with Crippen LogP contribution in [0, 0.1) is 0 Å². The van der Waals surface area contributed by atoms with Crippen molar-refractivity contribution in [3.63, 3.8) is 0 Å². The van der Waals surface area contributed by atoms with Gasteiger partial charge >= 0.3 is 0 Å². The summed E-state index contributed by atoms with van der Waals surface area (Å²) in [7, 11) is 0. The Hall–Kier alpha value is -1.43. The van der Waals surface area contributed by atoms with Gasteiger partial charge in [-0.05, 0) is 26.0 Å². The van der Waals surface area contributed by atoms with E-state index in [0.717, 1.165) is 4.47 Å². The molecule has 0 aliphatic rings. The van der Waals surface area contributed by atoms with Crippen LogP contribution in [0.25, 0.3) is 5.52 Å². The van der Waals surface area contributed by atoms with E-state index in [0.29, 0.717) is 11.1 Å². The van der Waals surface area contributed by atoms with E-state index >= 15 is 0 Å². The first-order valence-corrected chi connectivity index (χ1v) is 6.26. The Morgan fingerprint density at radius 2 is 2.33 bits per heavy atom. The number of pyridine rings is 1. The fourth-order valence-electron chi connectivity index (χ4n) is 1.52. The molecule has 0 aromatic carbocycles. The van der Waals surface area contributed by atoms with Crippen molar-refractivity contribution >= 4 is 27.4 Å². The molecule has 1 N–H and O–H groups in total. The highest BCUT2D eigenvalue weighted by atomic mass is 79.9. The molecule has 0 radical (unpaired) electrons. The lowest BCUT2D eigenvalue weighted by molar-refractivity contribution is 0.0922. The van der Waals surface area contributed by atoms with Gasteiger partial charge in [0.2, 0.25) is 0 Å². The Balaban J connectivity index is 2.25. The van der Waals surface area contributed by atoms with Gasteiger partial charge in [-0.1, -0.05) is 15.9 Å². The quantitative estimate of drug-likeness (QED) is 0.946. The molecule has 18 heavy (non-hydrogen) atoms. The first-order valence-electron chi connectivity index (χ1n) is 5.47. The number of carbonyl (C=O) groups excluding carboxylic acids is 1. The number of alkyl halides is 1. The normalized spacial score (nSPS) is 11.8. The Bertz CT molecular complexity index is 589. The highest BCUT2D eigenvalue weighted by molar-refractivity contribution is 9.10. The van der Waals surface area contributed by atoms with Crippen LogP contribution in [0.5, 0.6) is 0 Å². The molecule has 0 bridgehead atoms. The summed E-state index contributed by atoms with van der Waals surface area (Å²) in [5.41, 5.74) is -0.321. The number of carbonyl (C=O) groups is 1. The van der Waals surface area contributed by atoms with Crippen LogP contribution in [-0.4, -0.2) is 27.7 Å². The standard InChI is InChI=1S/C12H13BrFN3O/c1-12(2,14)7-15-11(18)9-6-16-17-4-3-8(13)5-10(9)17/h3-6H,7H2,1-2H3,(H,15,18). The molecule has 0 aliphatic carbocycles. The topological polar surface area (TPSA) is 46.4 Å². The average molecular weight is 314 g/mol. The molecule has 0 atom stereocenters. The number of rotatable bonds is 3. The second kappa shape index (κ2) is 4.68. The van der Waals surface area contributed by atoms with Crippen molar-refractivity contribution in [2.45, 2.75) is 19.5 Å². The third-order valence-corrected chi connectivity index (χ3v) is 2.89. The van der Waals surface area contributed by atoms with E-state index in [1.54, 1.807) is 16.8 Å². The third kappa shape index (κ3) is 2.87. The van der Waals surface area contributed by atoms with Crippen LogP contribution in [0.15, 0.2) is 29.0 Å². The lowest BCUT2D eigenvalue weighted by Gasteiger charge is -2.14. The van der Waals surface area contributed by atoms with Gasteiger partial charge in [0.25, 0.3) is 5.91 Å². The molecular weight excluding hydrogens is 301 g/mol. The number of amides is 1. The largest absolute Gasteiger partial charge is 0.349 e. The Morgan fingerprint density at radius 3 is 3.00 bits per heavy atom. The zero-order valence-electron chi connectivity index (χ0n) is 10.1. The summed E-state index contributed by atoms with van der Waals surface area (Å²) in [6.07, 6.45) is 3.22. The summed E-state index contributed by atoms with van der Waals surface area (Å²) in [5, 5.41) is 6.62. The second-order valence-electron chi connectivity index (χ2n) is 4.63. The molecule has 0 fully saturated rings. The molecule has 0 spiro atoms. The van der Waals surface area contributed by atoms with Crippen LogP contribution < -0.4 is 5.32 Å². The summed E-state index contributed by atoms with van der Waals surface area (Å²) in [6.45, 7) is 2.80. The van der Waals surface area contributed by atoms with E-state index in [4.69, 9.17) is 0 Å².